The van der Waals surface area contributed by atoms with Crippen molar-refractivity contribution in [3.63, 3.8) is 0 Å². The number of nitrogens with one attached hydrogen (secondary N) is 1. The van der Waals surface area contributed by atoms with E-state index in [2.05, 4.69) is 10.3 Å². The Bertz CT molecular complexity index is 403. The van der Waals surface area contributed by atoms with Gasteiger partial charge in [0.25, 0.3) is 0 Å². The topological polar surface area (TPSA) is 65.8 Å². The van der Waals surface area contributed by atoms with Gasteiger partial charge in [-0.1, -0.05) is 13.8 Å². The highest BCUT2D eigenvalue weighted by Crippen LogP contribution is 2.13. The maximum atomic E-state index is 11.7. The molecule has 1 heterocycles. The fourth-order valence-corrected chi connectivity index (χ4v) is 1.27. The van der Waals surface area contributed by atoms with Gasteiger partial charge in [-0.2, -0.15) is 5.26 Å². The third-order valence-electron chi connectivity index (χ3n) is 2.27. The first-order valence-electron chi connectivity index (χ1n) is 5.17. The van der Waals surface area contributed by atoms with Gasteiger partial charge in [0, 0.05) is 5.69 Å². The number of anilines is 1. The molecule has 0 aliphatic heterocycles. The maximum Gasteiger partial charge on any atom is 0.242 e. The molecule has 1 aromatic rings. The van der Waals surface area contributed by atoms with E-state index in [1.165, 1.54) is 0 Å². The first kappa shape index (κ1) is 12.2. The quantitative estimate of drug-likeness (QED) is 0.843. The molecule has 1 unspecified atom stereocenters. The number of nitriles is 1. The van der Waals surface area contributed by atoms with E-state index in [0.29, 0.717) is 5.69 Å². The van der Waals surface area contributed by atoms with Crippen molar-refractivity contribution in [3.8, 4) is 6.07 Å². The molecule has 0 saturated carbocycles. The van der Waals surface area contributed by atoms with Gasteiger partial charge in [0.2, 0.25) is 5.91 Å². The molecule has 0 radical (unpaired) electrons. The highest BCUT2D eigenvalue weighted by molar-refractivity contribution is 5.94. The molecule has 0 aromatic carbocycles. The first-order chi connectivity index (χ1) is 7.54. The summed E-state index contributed by atoms with van der Waals surface area (Å²) in [5, 5.41) is 11.5. The predicted octanol–water partition coefficient (Wildman–Crippen LogP) is 2.12. The lowest BCUT2D eigenvalue weighted by molar-refractivity contribution is -0.119. The Morgan fingerprint density at radius 3 is 2.62 bits per heavy atom. The number of nitrogens with zero attached hydrogens (tertiary/aromatic N) is 2. The number of rotatable bonds is 3. The predicted molar refractivity (Wildman–Crippen MR) is 61.5 cm³/mol. The summed E-state index contributed by atoms with van der Waals surface area (Å²) in [6, 6.07) is 5.59. The summed E-state index contributed by atoms with van der Waals surface area (Å²) in [7, 11) is 0. The summed E-state index contributed by atoms with van der Waals surface area (Å²) < 4.78 is 0. The largest absolute Gasteiger partial charge is 0.324 e. The van der Waals surface area contributed by atoms with Crippen LogP contribution in [-0.4, -0.2) is 10.9 Å². The molecule has 0 aliphatic carbocycles. The van der Waals surface area contributed by atoms with Crippen molar-refractivity contribution in [3.05, 3.63) is 24.0 Å². The Hall–Kier alpha value is -1.89. The molecule has 0 spiro atoms. The Kier molecular flexibility index (Phi) is 4.01. The van der Waals surface area contributed by atoms with Gasteiger partial charge in [0.05, 0.1) is 18.0 Å². The molecular formula is C12H15N3O. The summed E-state index contributed by atoms with van der Waals surface area (Å²) in [4.78, 5) is 15.8. The van der Waals surface area contributed by atoms with E-state index in [4.69, 9.17) is 5.26 Å². The Balaban J connectivity index is 2.71. The average Bonchev–Trinajstić information content (AvgIpc) is 2.22. The van der Waals surface area contributed by atoms with Gasteiger partial charge >= 0.3 is 0 Å². The molecular weight excluding hydrogens is 202 g/mol. The van der Waals surface area contributed by atoms with E-state index in [1.54, 1.807) is 12.3 Å². The molecule has 1 atom stereocenters. The molecule has 1 aromatic heterocycles. The van der Waals surface area contributed by atoms with Crippen LogP contribution in [0, 0.1) is 30.1 Å². The van der Waals surface area contributed by atoms with E-state index in [0.717, 1.165) is 5.69 Å². The number of carbonyl (C=O) groups excluding carboxylic acids is 1. The highest BCUT2D eigenvalue weighted by Gasteiger charge is 2.21. The van der Waals surface area contributed by atoms with E-state index in [-0.39, 0.29) is 11.8 Å². The van der Waals surface area contributed by atoms with Gasteiger partial charge in [-0.15, -0.1) is 0 Å². The van der Waals surface area contributed by atoms with Gasteiger partial charge in [0.1, 0.15) is 5.92 Å². The van der Waals surface area contributed by atoms with Crippen LogP contribution in [0.2, 0.25) is 0 Å². The zero-order valence-corrected chi connectivity index (χ0v) is 9.69. The second-order valence-electron chi connectivity index (χ2n) is 4.03. The number of amides is 1. The lowest BCUT2D eigenvalue weighted by atomic mass is 9.96. The van der Waals surface area contributed by atoms with Crippen molar-refractivity contribution in [1.29, 1.82) is 5.26 Å². The van der Waals surface area contributed by atoms with E-state index in [9.17, 15) is 4.79 Å². The Labute approximate surface area is 95.3 Å². The summed E-state index contributed by atoms with van der Waals surface area (Å²) in [5.74, 6) is -0.895. The molecule has 1 amide bonds. The molecule has 1 N–H and O–H groups in total. The van der Waals surface area contributed by atoms with Crippen LogP contribution in [-0.2, 0) is 4.79 Å². The molecule has 0 saturated heterocycles. The molecule has 84 valence electrons. The van der Waals surface area contributed by atoms with Gasteiger partial charge in [0.15, 0.2) is 0 Å². The fourth-order valence-electron chi connectivity index (χ4n) is 1.27. The Morgan fingerprint density at radius 1 is 1.50 bits per heavy atom. The SMILES string of the molecule is Cc1ccc(NC(=O)C(C#N)C(C)C)cn1. The first-order valence-corrected chi connectivity index (χ1v) is 5.17. The van der Waals surface area contributed by atoms with E-state index >= 15 is 0 Å². The zero-order valence-electron chi connectivity index (χ0n) is 9.69. The Morgan fingerprint density at radius 2 is 2.19 bits per heavy atom. The van der Waals surface area contributed by atoms with Crippen molar-refractivity contribution in [2.45, 2.75) is 20.8 Å². The summed E-state index contributed by atoms with van der Waals surface area (Å²) in [5.41, 5.74) is 1.51. The average molecular weight is 217 g/mol. The number of pyridine rings is 1. The van der Waals surface area contributed by atoms with E-state index < -0.39 is 5.92 Å². The molecule has 0 fully saturated rings. The van der Waals surface area contributed by atoms with E-state index in [1.807, 2.05) is 32.9 Å². The summed E-state index contributed by atoms with van der Waals surface area (Å²) >= 11 is 0. The molecule has 4 nitrogen and oxygen atoms in total. The minimum atomic E-state index is -0.624. The van der Waals surface area contributed by atoms with Crippen molar-refractivity contribution >= 4 is 11.6 Å². The lowest BCUT2D eigenvalue weighted by Gasteiger charge is -2.12. The second-order valence-corrected chi connectivity index (χ2v) is 4.03. The van der Waals surface area contributed by atoms with Crippen molar-refractivity contribution in [2.24, 2.45) is 11.8 Å². The summed E-state index contributed by atoms with van der Waals surface area (Å²) in [6.45, 7) is 5.57. The maximum absolute atomic E-state index is 11.7. The highest BCUT2D eigenvalue weighted by atomic mass is 16.1. The number of hydrogen-bond acceptors (Lipinski definition) is 3. The zero-order chi connectivity index (χ0) is 12.1. The molecule has 4 heteroatoms. The lowest BCUT2D eigenvalue weighted by Crippen LogP contribution is -2.25. The third kappa shape index (κ3) is 3.06. The van der Waals surface area contributed by atoms with Gasteiger partial charge in [-0.25, -0.2) is 0 Å². The van der Waals surface area contributed by atoms with Crippen LogP contribution in [0.25, 0.3) is 0 Å². The fraction of sp³-hybridized carbons (Fsp3) is 0.417. The third-order valence-corrected chi connectivity index (χ3v) is 2.27. The van der Waals surface area contributed by atoms with Gasteiger partial charge in [-0.05, 0) is 25.0 Å². The van der Waals surface area contributed by atoms with Crippen LogP contribution in [0.3, 0.4) is 0 Å². The monoisotopic (exact) mass is 217 g/mol. The van der Waals surface area contributed by atoms with Crippen LogP contribution >= 0.6 is 0 Å². The molecule has 0 bridgehead atoms. The van der Waals surface area contributed by atoms with Crippen LogP contribution < -0.4 is 5.32 Å². The van der Waals surface area contributed by atoms with Crippen molar-refractivity contribution in [2.75, 3.05) is 5.32 Å². The smallest absolute Gasteiger partial charge is 0.242 e. The normalized spacial score (nSPS) is 11.9. The summed E-state index contributed by atoms with van der Waals surface area (Å²) in [6.07, 6.45) is 1.59. The number of carbonyl (C=O) groups is 1. The molecule has 1 rings (SSSR count). The van der Waals surface area contributed by atoms with Crippen LogP contribution in [0.15, 0.2) is 18.3 Å². The molecule has 0 aliphatic rings. The van der Waals surface area contributed by atoms with Crippen molar-refractivity contribution in [1.82, 2.24) is 4.98 Å². The van der Waals surface area contributed by atoms with Crippen LogP contribution in [0.1, 0.15) is 19.5 Å². The van der Waals surface area contributed by atoms with Gasteiger partial charge < -0.3 is 5.32 Å². The van der Waals surface area contributed by atoms with Crippen LogP contribution in [0.4, 0.5) is 5.69 Å². The standard InChI is InChI=1S/C12H15N3O/c1-8(2)11(6-13)12(16)15-10-5-4-9(3)14-7-10/h4-5,7-8,11H,1-3H3,(H,15,16). The number of aromatic nitrogens is 1. The minimum Gasteiger partial charge on any atom is -0.324 e. The second kappa shape index (κ2) is 5.26. The number of aryl methyl sites for hydroxylation is 1. The van der Waals surface area contributed by atoms with Crippen LogP contribution in [0.5, 0.6) is 0 Å². The van der Waals surface area contributed by atoms with Crippen molar-refractivity contribution < 1.29 is 4.79 Å². The van der Waals surface area contributed by atoms with Gasteiger partial charge in [-0.3, -0.25) is 9.78 Å². The number of hydrogen-bond donors (Lipinski definition) is 1. The molecule has 16 heavy (non-hydrogen) atoms. The minimum absolute atomic E-state index is 0.00316.